The molecule has 19 heavy (non-hydrogen) atoms. The summed E-state index contributed by atoms with van der Waals surface area (Å²) in [6, 6.07) is 7.97. The van der Waals surface area contributed by atoms with E-state index < -0.39 is 0 Å². The van der Waals surface area contributed by atoms with Crippen molar-refractivity contribution in [2.24, 2.45) is 0 Å². The van der Waals surface area contributed by atoms with Crippen molar-refractivity contribution in [3.8, 4) is 0 Å². The van der Waals surface area contributed by atoms with Crippen LogP contribution in [0, 0.1) is 13.8 Å². The molecule has 0 aliphatic carbocycles. The molecule has 0 bridgehead atoms. The Balaban J connectivity index is 2.15. The number of nitrogens with one attached hydrogen (secondary N) is 1. The van der Waals surface area contributed by atoms with Crippen molar-refractivity contribution >= 4 is 22.4 Å². The van der Waals surface area contributed by atoms with E-state index in [9.17, 15) is 4.79 Å². The third-order valence-electron chi connectivity index (χ3n) is 3.02. The first-order chi connectivity index (χ1) is 8.99. The molecule has 4 nitrogen and oxygen atoms in total. The molecule has 1 amide bonds. The number of anilines is 1. The summed E-state index contributed by atoms with van der Waals surface area (Å²) in [6.07, 6.45) is 0. The van der Waals surface area contributed by atoms with Crippen molar-refractivity contribution in [2.45, 2.75) is 26.8 Å². The predicted octanol–water partition coefficient (Wildman–Crippen LogP) is 2.83. The zero-order chi connectivity index (χ0) is 14.0. The van der Waals surface area contributed by atoms with Gasteiger partial charge >= 0.3 is 0 Å². The maximum absolute atomic E-state index is 12.2. The van der Waals surface area contributed by atoms with Gasteiger partial charge < -0.3 is 11.1 Å². The summed E-state index contributed by atoms with van der Waals surface area (Å²) in [5.41, 5.74) is 8.57. The number of rotatable bonds is 3. The second-order valence-electron chi connectivity index (χ2n) is 4.52. The lowest BCUT2D eigenvalue weighted by Crippen LogP contribution is -2.26. The number of carbonyl (C=O) groups excluding carboxylic acids is 1. The van der Waals surface area contributed by atoms with Gasteiger partial charge in [-0.15, -0.1) is 0 Å². The molecule has 0 aliphatic rings. The number of benzene rings is 1. The van der Waals surface area contributed by atoms with Crippen LogP contribution < -0.4 is 11.1 Å². The summed E-state index contributed by atoms with van der Waals surface area (Å²) in [4.78, 5) is 16.8. The fraction of sp³-hybridized carbons (Fsp3) is 0.286. The quantitative estimate of drug-likeness (QED) is 0.905. The fourth-order valence-electron chi connectivity index (χ4n) is 2.04. The van der Waals surface area contributed by atoms with Gasteiger partial charge in [-0.05, 0) is 31.9 Å². The van der Waals surface area contributed by atoms with E-state index in [0.717, 1.165) is 11.1 Å². The van der Waals surface area contributed by atoms with Crippen LogP contribution in [-0.4, -0.2) is 10.9 Å². The van der Waals surface area contributed by atoms with Crippen molar-refractivity contribution in [1.29, 1.82) is 0 Å². The Hall–Kier alpha value is -1.88. The fourth-order valence-corrected chi connectivity index (χ4v) is 2.78. The second-order valence-corrected chi connectivity index (χ2v) is 5.55. The SMILES string of the molecule is Cc1ccccc1[C@H](C)NC(=O)c1sc(N)nc1C. The number of aryl methyl sites for hydroxylation is 2. The first-order valence-corrected chi connectivity index (χ1v) is 6.90. The molecule has 0 saturated carbocycles. The minimum atomic E-state index is -0.123. The van der Waals surface area contributed by atoms with E-state index in [1.165, 1.54) is 11.3 Å². The Morgan fingerprint density at radius 2 is 2.05 bits per heavy atom. The highest BCUT2D eigenvalue weighted by atomic mass is 32.1. The van der Waals surface area contributed by atoms with Gasteiger partial charge in [0.05, 0.1) is 11.7 Å². The first-order valence-electron chi connectivity index (χ1n) is 6.08. The molecule has 2 aromatic rings. The minimum absolute atomic E-state index is 0.0450. The van der Waals surface area contributed by atoms with E-state index in [4.69, 9.17) is 5.73 Å². The van der Waals surface area contributed by atoms with Crippen LogP contribution in [0.3, 0.4) is 0 Å². The number of hydrogen-bond donors (Lipinski definition) is 2. The number of thiazole rings is 1. The third kappa shape index (κ3) is 2.93. The van der Waals surface area contributed by atoms with Crippen molar-refractivity contribution < 1.29 is 4.79 Å². The van der Waals surface area contributed by atoms with E-state index >= 15 is 0 Å². The number of aromatic nitrogens is 1. The van der Waals surface area contributed by atoms with Crippen molar-refractivity contribution in [1.82, 2.24) is 10.3 Å². The van der Waals surface area contributed by atoms with Gasteiger partial charge in [-0.2, -0.15) is 0 Å². The summed E-state index contributed by atoms with van der Waals surface area (Å²) >= 11 is 1.22. The molecule has 0 unspecified atom stereocenters. The van der Waals surface area contributed by atoms with Crippen LogP contribution in [0.2, 0.25) is 0 Å². The molecule has 1 heterocycles. The second kappa shape index (κ2) is 5.40. The molecule has 5 heteroatoms. The number of nitrogens with zero attached hydrogens (tertiary/aromatic N) is 1. The van der Waals surface area contributed by atoms with E-state index in [1.807, 2.05) is 38.1 Å². The molecule has 0 spiro atoms. The van der Waals surface area contributed by atoms with E-state index in [2.05, 4.69) is 10.3 Å². The summed E-state index contributed by atoms with van der Waals surface area (Å²) < 4.78 is 0. The number of hydrogen-bond acceptors (Lipinski definition) is 4. The normalized spacial score (nSPS) is 12.2. The number of nitrogens with two attached hydrogens (primary N) is 1. The lowest BCUT2D eigenvalue weighted by Gasteiger charge is -2.16. The van der Waals surface area contributed by atoms with E-state index in [-0.39, 0.29) is 11.9 Å². The van der Waals surface area contributed by atoms with Crippen LogP contribution in [0.25, 0.3) is 0 Å². The average molecular weight is 275 g/mol. The molecule has 0 radical (unpaired) electrons. The molecule has 100 valence electrons. The van der Waals surface area contributed by atoms with Gasteiger partial charge in [-0.1, -0.05) is 35.6 Å². The molecular weight excluding hydrogens is 258 g/mol. The Bertz CT molecular complexity index is 606. The topological polar surface area (TPSA) is 68.0 Å². The lowest BCUT2D eigenvalue weighted by molar-refractivity contribution is 0.0943. The molecule has 3 N–H and O–H groups in total. The van der Waals surface area contributed by atoms with Gasteiger partial charge in [-0.25, -0.2) is 4.98 Å². The maximum Gasteiger partial charge on any atom is 0.263 e. The Morgan fingerprint density at radius 3 is 2.63 bits per heavy atom. The standard InChI is InChI=1S/C14H17N3OS/c1-8-6-4-5-7-11(8)9(2)16-13(18)12-10(3)17-14(15)19-12/h4-7,9H,1-3H3,(H2,15,17)(H,16,18)/t9-/m0/s1. The van der Waals surface area contributed by atoms with Crippen molar-refractivity contribution in [3.63, 3.8) is 0 Å². The van der Waals surface area contributed by atoms with Crippen LogP contribution in [0.15, 0.2) is 24.3 Å². The molecule has 2 rings (SSSR count). The lowest BCUT2D eigenvalue weighted by atomic mass is 10.0. The summed E-state index contributed by atoms with van der Waals surface area (Å²) in [5, 5.41) is 3.41. The van der Waals surface area contributed by atoms with Crippen molar-refractivity contribution in [3.05, 3.63) is 46.0 Å². The molecule has 0 aliphatic heterocycles. The Labute approximate surface area is 116 Å². The third-order valence-corrected chi connectivity index (χ3v) is 4.01. The van der Waals surface area contributed by atoms with Crippen LogP contribution in [0.4, 0.5) is 5.13 Å². The largest absolute Gasteiger partial charge is 0.375 e. The van der Waals surface area contributed by atoms with E-state index in [1.54, 1.807) is 6.92 Å². The maximum atomic E-state index is 12.2. The van der Waals surface area contributed by atoms with Gasteiger partial charge in [0.15, 0.2) is 5.13 Å². The van der Waals surface area contributed by atoms with Crippen LogP contribution >= 0.6 is 11.3 Å². The van der Waals surface area contributed by atoms with Crippen LogP contribution in [0.1, 0.15) is 39.5 Å². The minimum Gasteiger partial charge on any atom is -0.375 e. The van der Waals surface area contributed by atoms with Crippen LogP contribution in [-0.2, 0) is 0 Å². The molecular formula is C14H17N3OS. The first kappa shape index (κ1) is 13.5. The summed E-state index contributed by atoms with van der Waals surface area (Å²) in [7, 11) is 0. The van der Waals surface area contributed by atoms with Crippen molar-refractivity contribution in [2.75, 3.05) is 5.73 Å². The average Bonchev–Trinajstić information content (AvgIpc) is 2.69. The summed E-state index contributed by atoms with van der Waals surface area (Å²) in [6.45, 7) is 5.80. The van der Waals surface area contributed by atoms with Crippen LogP contribution in [0.5, 0.6) is 0 Å². The molecule has 0 fully saturated rings. The zero-order valence-electron chi connectivity index (χ0n) is 11.2. The van der Waals surface area contributed by atoms with E-state index in [0.29, 0.717) is 15.7 Å². The highest BCUT2D eigenvalue weighted by Crippen LogP contribution is 2.22. The monoisotopic (exact) mass is 275 g/mol. The number of amides is 1. The van der Waals surface area contributed by atoms with Gasteiger partial charge in [0.2, 0.25) is 0 Å². The smallest absolute Gasteiger partial charge is 0.263 e. The van der Waals surface area contributed by atoms with Gasteiger partial charge in [0, 0.05) is 0 Å². The van der Waals surface area contributed by atoms with Gasteiger partial charge in [0.1, 0.15) is 4.88 Å². The highest BCUT2D eigenvalue weighted by molar-refractivity contribution is 7.17. The highest BCUT2D eigenvalue weighted by Gasteiger charge is 2.17. The molecule has 0 saturated heterocycles. The molecule has 1 aromatic carbocycles. The van der Waals surface area contributed by atoms with Gasteiger partial charge in [-0.3, -0.25) is 4.79 Å². The number of nitrogen functional groups attached to an aromatic ring is 1. The Morgan fingerprint density at radius 1 is 1.37 bits per heavy atom. The molecule has 1 atom stereocenters. The molecule has 1 aromatic heterocycles. The van der Waals surface area contributed by atoms with Gasteiger partial charge in [0.25, 0.3) is 5.91 Å². The number of carbonyl (C=O) groups is 1. The summed E-state index contributed by atoms with van der Waals surface area (Å²) in [5.74, 6) is -0.123. The zero-order valence-corrected chi connectivity index (χ0v) is 12.0. The Kier molecular flexibility index (Phi) is 3.85. The predicted molar refractivity (Wildman–Crippen MR) is 78.3 cm³/mol.